The molecule has 0 saturated heterocycles. The molecule has 0 radical (unpaired) electrons. The second-order valence-electron chi connectivity index (χ2n) is 19.3. The summed E-state index contributed by atoms with van der Waals surface area (Å²) in [5.74, 6) is -0.0491. The quantitative estimate of drug-likeness (QED) is 0.0344. The lowest BCUT2D eigenvalue weighted by molar-refractivity contribution is -0.167. The van der Waals surface area contributed by atoms with Crippen molar-refractivity contribution in [3.05, 3.63) is 0 Å². The summed E-state index contributed by atoms with van der Waals surface area (Å²) in [5, 5.41) is 0. The van der Waals surface area contributed by atoms with E-state index in [1.54, 1.807) is 0 Å². The third kappa shape index (κ3) is 49.3. The van der Waals surface area contributed by atoms with Gasteiger partial charge in [0.1, 0.15) is 13.2 Å². The Morgan fingerprint density at radius 1 is 0.311 bits per heavy atom. The van der Waals surface area contributed by atoms with Crippen LogP contribution in [-0.2, 0) is 28.6 Å². The SMILES string of the molecule is CCCCCCCCCCCCCCCCCCCC(=O)OC[C@H](COC(=O)CCCCCCCCCCCCCCCCC)OC(=O)CCCCCCCCCCC(C)C. The monoisotopic (exact) mass is 863 g/mol. The molecule has 0 aromatic carbocycles. The third-order valence-corrected chi connectivity index (χ3v) is 12.5. The van der Waals surface area contributed by atoms with Crippen LogP contribution in [0, 0.1) is 5.92 Å². The molecule has 6 nitrogen and oxygen atoms in total. The average molecular weight is 863 g/mol. The standard InChI is InChI=1S/C55H106O6/c1-5-7-9-11-13-15-17-19-21-22-24-26-28-30-35-39-43-47-54(57)60-50-52(61-55(58)48-44-40-36-32-31-33-37-41-45-51(3)4)49-59-53(56)46-42-38-34-29-27-25-23-20-18-16-14-12-10-8-6-2/h51-52H,5-50H2,1-4H3/t52-/m0/s1. The molecule has 0 bridgehead atoms. The van der Waals surface area contributed by atoms with Gasteiger partial charge in [-0.25, -0.2) is 0 Å². The maximum absolute atomic E-state index is 12.8. The zero-order valence-corrected chi connectivity index (χ0v) is 41.6. The van der Waals surface area contributed by atoms with Gasteiger partial charge < -0.3 is 14.2 Å². The van der Waals surface area contributed by atoms with Crippen LogP contribution in [0.1, 0.15) is 310 Å². The lowest BCUT2D eigenvalue weighted by atomic mass is 10.0. The lowest BCUT2D eigenvalue weighted by Gasteiger charge is -2.18. The van der Waals surface area contributed by atoms with Crippen LogP contribution in [0.4, 0.5) is 0 Å². The van der Waals surface area contributed by atoms with Gasteiger partial charge in [-0.15, -0.1) is 0 Å². The Hall–Kier alpha value is -1.59. The highest BCUT2D eigenvalue weighted by atomic mass is 16.6. The highest BCUT2D eigenvalue weighted by Gasteiger charge is 2.19. The third-order valence-electron chi connectivity index (χ3n) is 12.5. The molecule has 0 fully saturated rings. The topological polar surface area (TPSA) is 78.9 Å². The molecule has 0 aliphatic carbocycles. The van der Waals surface area contributed by atoms with Crippen molar-refractivity contribution in [3.8, 4) is 0 Å². The molecule has 0 aliphatic heterocycles. The van der Waals surface area contributed by atoms with E-state index >= 15 is 0 Å². The van der Waals surface area contributed by atoms with Crippen molar-refractivity contribution in [2.75, 3.05) is 13.2 Å². The number of carbonyl (C=O) groups is 3. The fourth-order valence-electron chi connectivity index (χ4n) is 8.39. The Kier molecular flexibility index (Phi) is 48.1. The van der Waals surface area contributed by atoms with E-state index in [-0.39, 0.29) is 31.1 Å². The van der Waals surface area contributed by atoms with Crippen LogP contribution < -0.4 is 0 Å². The number of unbranched alkanes of at least 4 members (excludes halogenated alkanes) is 37. The molecule has 61 heavy (non-hydrogen) atoms. The molecule has 0 unspecified atom stereocenters. The minimum absolute atomic E-state index is 0.0629. The molecule has 0 aromatic heterocycles. The second kappa shape index (κ2) is 49.4. The van der Waals surface area contributed by atoms with Crippen molar-refractivity contribution >= 4 is 17.9 Å². The van der Waals surface area contributed by atoms with E-state index in [2.05, 4.69) is 27.7 Å². The molecule has 0 heterocycles. The predicted molar refractivity (Wildman–Crippen MR) is 261 cm³/mol. The molecular weight excluding hydrogens is 757 g/mol. The van der Waals surface area contributed by atoms with Gasteiger partial charge >= 0.3 is 17.9 Å². The Balaban J connectivity index is 4.26. The van der Waals surface area contributed by atoms with E-state index in [4.69, 9.17) is 14.2 Å². The molecule has 0 rings (SSSR count). The van der Waals surface area contributed by atoms with Crippen LogP contribution in [0.2, 0.25) is 0 Å². The van der Waals surface area contributed by atoms with Gasteiger partial charge in [-0.1, -0.05) is 272 Å². The van der Waals surface area contributed by atoms with Crippen LogP contribution in [-0.4, -0.2) is 37.2 Å². The largest absolute Gasteiger partial charge is 0.462 e. The number of esters is 3. The number of rotatable bonds is 50. The van der Waals surface area contributed by atoms with Crippen LogP contribution in [0.3, 0.4) is 0 Å². The first-order chi connectivity index (χ1) is 29.9. The van der Waals surface area contributed by atoms with E-state index in [0.717, 1.165) is 63.7 Å². The van der Waals surface area contributed by atoms with Gasteiger partial charge in [0.25, 0.3) is 0 Å². The van der Waals surface area contributed by atoms with Crippen LogP contribution in [0.15, 0.2) is 0 Å². The smallest absolute Gasteiger partial charge is 0.306 e. The minimum atomic E-state index is -0.761. The molecule has 1 atom stereocenters. The predicted octanol–water partition coefficient (Wildman–Crippen LogP) is 17.8. The van der Waals surface area contributed by atoms with Gasteiger partial charge in [-0.3, -0.25) is 14.4 Å². The van der Waals surface area contributed by atoms with Crippen molar-refractivity contribution in [2.24, 2.45) is 5.92 Å². The van der Waals surface area contributed by atoms with E-state index in [1.807, 2.05) is 0 Å². The fourth-order valence-corrected chi connectivity index (χ4v) is 8.39. The van der Waals surface area contributed by atoms with Gasteiger partial charge in [0, 0.05) is 19.3 Å². The summed E-state index contributed by atoms with van der Waals surface area (Å²) in [6, 6.07) is 0. The summed E-state index contributed by atoms with van der Waals surface area (Å²) in [6.07, 6.45) is 52.4. The number of hydrogen-bond donors (Lipinski definition) is 0. The van der Waals surface area contributed by atoms with Crippen molar-refractivity contribution in [1.29, 1.82) is 0 Å². The van der Waals surface area contributed by atoms with Gasteiger partial charge in [0.05, 0.1) is 0 Å². The van der Waals surface area contributed by atoms with Crippen molar-refractivity contribution in [2.45, 2.75) is 316 Å². The zero-order valence-electron chi connectivity index (χ0n) is 41.6. The molecule has 0 amide bonds. The van der Waals surface area contributed by atoms with Crippen molar-refractivity contribution < 1.29 is 28.6 Å². The van der Waals surface area contributed by atoms with Crippen LogP contribution in [0.25, 0.3) is 0 Å². The van der Waals surface area contributed by atoms with Gasteiger partial charge in [0.15, 0.2) is 6.10 Å². The second-order valence-corrected chi connectivity index (χ2v) is 19.3. The van der Waals surface area contributed by atoms with Crippen LogP contribution in [0.5, 0.6) is 0 Å². The summed E-state index contributed by atoms with van der Waals surface area (Å²) in [4.78, 5) is 38.0. The maximum atomic E-state index is 12.8. The van der Waals surface area contributed by atoms with E-state index in [9.17, 15) is 14.4 Å². The van der Waals surface area contributed by atoms with Gasteiger partial charge in [-0.05, 0) is 25.2 Å². The fraction of sp³-hybridized carbons (Fsp3) is 0.945. The molecule has 6 heteroatoms. The average Bonchev–Trinajstić information content (AvgIpc) is 3.24. The van der Waals surface area contributed by atoms with Gasteiger partial charge in [0.2, 0.25) is 0 Å². The van der Waals surface area contributed by atoms with Crippen molar-refractivity contribution in [1.82, 2.24) is 0 Å². The number of ether oxygens (including phenoxy) is 3. The van der Waals surface area contributed by atoms with E-state index in [1.165, 1.54) is 205 Å². The molecule has 0 aromatic rings. The van der Waals surface area contributed by atoms with E-state index in [0.29, 0.717) is 19.3 Å². The summed E-state index contributed by atoms with van der Waals surface area (Å²) >= 11 is 0. The van der Waals surface area contributed by atoms with Crippen LogP contribution >= 0.6 is 0 Å². The first-order valence-corrected chi connectivity index (χ1v) is 27.4. The Morgan fingerprint density at radius 2 is 0.541 bits per heavy atom. The summed E-state index contributed by atoms with van der Waals surface area (Å²) in [5.41, 5.74) is 0. The molecule has 0 spiro atoms. The summed E-state index contributed by atoms with van der Waals surface area (Å²) in [7, 11) is 0. The first-order valence-electron chi connectivity index (χ1n) is 27.4. The summed E-state index contributed by atoms with van der Waals surface area (Å²) in [6.45, 7) is 9.01. The van der Waals surface area contributed by atoms with Crippen molar-refractivity contribution in [3.63, 3.8) is 0 Å². The number of hydrogen-bond acceptors (Lipinski definition) is 6. The molecule has 362 valence electrons. The summed E-state index contributed by atoms with van der Waals surface area (Å²) < 4.78 is 16.8. The zero-order chi connectivity index (χ0) is 44.5. The molecule has 0 saturated carbocycles. The Morgan fingerprint density at radius 3 is 0.803 bits per heavy atom. The molecule has 0 N–H and O–H groups in total. The first kappa shape index (κ1) is 59.4. The number of carbonyl (C=O) groups excluding carboxylic acids is 3. The highest BCUT2D eigenvalue weighted by molar-refractivity contribution is 5.71. The Bertz CT molecular complexity index is 918. The maximum Gasteiger partial charge on any atom is 0.306 e. The molecular formula is C55H106O6. The van der Waals surface area contributed by atoms with Gasteiger partial charge in [-0.2, -0.15) is 0 Å². The minimum Gasteiger partial charge on any atom is -0.462 e. The Labute approximate surface area is 380 Å². The molecule has 0 aliphatic rings. The lowest BCUT2D eigenvalue weighted by Crippen LogP contribution is -2.30. The normalized spacial score (nSPS) is 12.0. The highest BCUT2D eigenvalue weighted by Crippen LogP contribution is 2.17. The van der Waals surface area contributed by atoms with E-state index < -0.39 is 6.10 Å².